The predicted molar refractivity (Wildman–Crippen MR) is 109 cm³/mol. The second kappa shape index (κ2) is 8.50. The molecule has 0 heterocycles. The zero-order valence-corrected chi connectivity index (χ0v) is 18.2. The van der Waals surface area contributed by atoms with Crippen molar-refractivity contribution >= 4 is 5.97 Å². The average Bonchev–Trinajstić information content (AvgIpc) is 3.16. The summed E-state index contributed by atoms with van der Waals surface area (Å²) >= 11 is 0. The summed E-state index contributed by atoms with van der Waals surface area (Å²) in [5.41, 5.74) is 2.05. The van der Waals surface area contributed by atoms with Crippen molar-refractivity contribution in [3.8, 4) is 0 Å². The molecule has 0 aromatic rings. The van der Waals surface area contributed by atoms with Crippen molar-refractivity contribution in [3.05, 3.63) is 22.8 Å². The minimum absolute atomic E-state index is 0.0991. The average molecular weight is 409 g/mol. The quantitative estimate of drug-likeness (QED) is 0.477. The third-order valence-corrected chi connectivity index (χ3v) is 7.52. The van der Waals surface area contributed by atoms with Crippen LogP contribution in [0, 0.1) is 29.1 Å². The van der Waals surface area contributed by atoms with Gasteiger partial charge in [-0.05, 0) is 43.6 Å². The third kappa shape index (κ3) is 3.92. The topological polar surface area (TPSA) is 96.2 Å². The van der Waals surface area contributed by atoms with Crippen LogP contribution in [0.1, 0.15) is 47.0 Å². The number of hydrogen-bond acceptors (Lipinski definition) is 6. The highest BCUT2D eigenvalue weighted by Crippen LogP contribution is 2.54. The second-order valence-corrected chi connectivity index (χ2v) is 9.42. The number of aliphatic hydroxyl groups excluding tert-OH is 3. The van der Waals surface area contributed by atoms with E-state index < -0.39 is 23.7 Å². The first kappa shape index (κ1) is 22.5. The Kier molecular flexibility index (Phi) is 6.59. The first-order valence-electron chi connectivity index (χ1n) is 10.7. The van der Waals surface area contributed by atoms with Gasteiger partial charge in [-0.2, -0.15) is 0 Å². The standard InChI is InChI=1S/C23H36O6/c1-12(10-29-14(3)24)17-8-19(25)23(4)9-18-15(11-28-5)6-7-16(18)13(2)21(26)22(27)20(17)23/h9,12-13,15-16,19,21-22,25-27H,6-8,10-11H2,1-5H3/b18-9-/t12-,13-,15-,16+,19+,21-,22+,23+/m1/s1. The summed E-state index contributed by atoms with van der Waals surface area (Å²) in [6.45, 7) is 8.07. The molecule has 0 saturated heterocycles. The molecule has 29 heavy (non-hydrogen) atoms. The van der Waals surface area contributed by atoms with Gasteiger partial charge in [-0.1, -0.05) is 31.1 Å². The molecule has 1 saturated carbocycles. The van der Waals surface area contributed by atoms with Gasteiger partial charge in [0.25, 0.3) is 0 Å². The molecule has 3 rings (SSSR count). The first-order valence-corrected chi connectivity index (χ1v) is 10.7. The fourth-order valence-corrected chi connectivity index (χ4v) is 5.78. The molecule has 0 aromatic heterocycles. The summed E-state index contributed by atoms with van der Waals surface area (Å²) in [5, 5.41) is 33.4. The molecule has 0 radical (unpaired) electrons. The smallest absolute Gasteiger partial charge is 0.302 e. The number of ether oxygens (including phenoxy) is 2. The van der Waals surface area contributed by atoms with Gasteiger partial charge in [-0.15, -0.1) is 0 Å². The lowest BCUT2D eigenvalue weighted by atomic mass is 9.68. The van der Waals surface area contributed by atoms with Gasteiger partial charge in [0.2, 0.25) is 0 Å². The molecule has 3 aliphatic rings. The van der Waals surface area contributed by atoms with Crippen molar-refractivity contribution in [1.29, 1.82) is 0 Å². The lowest BCUT2D eigenvalue weighted by Gasteiger charge is -2.41. The Morgan fingerprint density at radius 2 is 2.00 bits per heavy atom. The Morgan fingerprint density at radius 1 is 1.31 bits per heavy atom. The monoisotopic (exact) mass is 408 g/mol. The van der Waals surface area contributed by atoms with E-state index in [9.17, 15) is 20.1 Å². The molecule has 164 valence electrons. The van der Waals surface area contributed by atoms with E-state index in [0.717, 1.165) is 18.4 Å². The minimum atomic E-state index is -1.05. The van der Waals surface area contributed by atoms with Gasteiger partial charge in [0, 0.05) is 31.3 Å². The minimum Gasteiger partial charge on any atom is -0.465 e. The van der Waals surface area contributed by atoms with Gasteiger partial charge in [0.15, 0.2) is 0 Å². The normalized spacial score (nSPS) is 42.4. The Bertz CT molecular complexity index is 697. The SMILES string of the molecule is COC[C@H]1CC[C@@H]2/C1=C\[C@]1(C)C(=C([C@H](C)COC(C)=O)C[C@@H]1O)[C@H](O)[C@H](O)[C@@H]2C. The van der Waals surface area contributed by atoms with E-state index in [1.165, 1.54) is 12.5 Å². The maximum atomic E-state index is 11.3. The third-order valence-electron chi connectivity index (χ3n) is 7.52. The largest absolute Gasteiger partial charge is 0.465 e. The van der Waals surface area contributed by atoms with Gasteiger partial charge >= 0.3 is 5.97 Å². The van der Waals surface area contributed by atoms with Gasteiger partial charge in [-0.3, -0.25) is 4.79 Å². The Morgan fingerprint density at radius 3 is 2.62 bits per heavy atom. The summed E-state index contributed by atoms with van der Waals surface area (Å²) in [4.78, 5) is 11.3. The van der Waals surface area contributed by atoms with E-state index in [2.05, 4.69) is 6.08 Å². The molecular weight excluding hydrogens is 372 g/mol. The van der Waals surface area contributed by atoms with E-state index in [1.807, 2.05) is 20.8 Å². The van der Waals surface area contributed by atoms with Crippen LogP contribution in [-0.2, 0) is 14.3 Å². The van der Waals surface area contributed by atoms with Gasteiger partial charge in [0.1, 0.15) is 6.10 Å². The van der Waals surface area contributed by atoms with Crippen LogP contribution in [-0.4, -0.2) is 59.9 Å². The number of rotatable bonds is 5. The highest BCUT2D eigenvalue weighted by molar-refractivity contribution is 5.65. The number of hydrogen-bond donors (Lipinski definition) is 3. The Hall–Kier alpha value is -1.21. The van der Waals surface area contributed by atoms with E-state index in [4.69, 9.17) is 9.47 Å². The molecular formula is C23H36O6. The maximum absolute atomic E-state index is 11.3. The van der Waals surface area contributed by atoms with Crippen molar-refractivity contribution in [2.75, 3.05) is 20.3 Å². The van der Waals surface area contributed by atoms with Gasteiger partial charge in [-0.25, -0.2) is 0 Å². The van der Waals surface area contributed by atoms with E-state index in [0.29, 0.717) is 18.6 Å². The molecule has 6 heteroatoms. The van der Waals surface area contributed by atoms with Gasteiger partial charge in [0.05, 0.1) is 25.4 Å². The lowest BCUT2D eigenvalue weighted by Crippen LogP contribution is -2.44. The zero-order chi connectivity index (χ0) is 21.5. The lowest BCUT2D eigenvalue weighted by molar-refractivity contribution is -0.141. The van der Waals surface area contributed by atoms with Crippen molar-refractivity contribution in [1.82, 2.24) is 0 Å². The van der Waals surface area contributed by atoms with Crippen molar-refractivity contribution in [2.45, 2.75) is 65.3 Å². The van der Waals surface area contributed by atoms with Crippen LogP contribution in [0.3, 0.4) is 0 Å². The van der Waals surface area contributed by atoms with Crippen LogP contribution in [0.4, 0.5) is 0 Å². The van der Waals surface area contributed by atoms with Crippen LogP contribution >= 0.6 is 0 Å². The number of carbonyl (C=O) groups is 1. The molecule has 0 amide bonds. The van der Waals surface area contributed by atoms with Crippen LogP contribution in [0.5, 0.6) is 0 Å². The van der Waals surface area contributed by atoms with E-state index in [1.54, 1.807) is 7.11 Å². The Labute approximate surface area is 173 Å². The van der Waals surface area contributed by atoms with Crippen molar-refractivity contribution in [3.63, 3.8) is 0 Å². The maximum Gasteiger partial charge on any atom is 0.302 e. The zero-order valence-electron chi connectivity index (χ0n) is 18.2. The fourth-order valence-electron chi connectivity index (χ4n) is 5.78. The van der Waals surface area contributed by atoms with E-state index in [-0.39, 0.29) is 36.2 Å². The molecule has 3 aliphatic carbocycles. The molecule has 8 atom stereocenters. The Balaban J connectivity index is 2.10. The fraction of sp³-hybridized carbons (Fsp3) is 0.783. The molecule has 6 nitrogen and oxygen atoms in total. The number of esters is 1. The second-order valence-electron chi connectivity index (χ2n) is 9.42. The molecule has 0 aliphatic heterocycles. The summed E-state index contributed by atoms with van der Waals surface area (Å²) in [7, 11) is 1.70. The molecule has 1 fully saturated rings. The summed E-state index contributed by atoms with van der Waals surface area (Å²) in [5.74, 6) is -0.156. The van der Waals surface area contributed by atoms with Crippen LogP contribution < -0.4 is 0 Å². The first-order chi connectivity index (χ1) is 13.6. The molecule has 0 spiro atoms. The number of methoxy groups -OCH3 is 1. The molecule has 3 N–H and O–H groups in total. The predicted octanol–water partition coefficient (Wildman–Crippen LogP) is 2.22. The molecule has 0 aromatic carbocycles. The van der Waals surface area contributed by atoms with Crippen LogP contribution in [0.2, 0.25) is 0 Å². The van der Waals surface area contributed by atoms with Crippen LogP contribution in [0.15, 0.2) is 22.8 Å². The number of fused-ring (bicyclic) bond motifs is 2. The number of carbonyl (C=O) groups excluding carboxylic acids is 1. The van der Waals surface area contributed by atoms with Crippen LogP contribution in [0.25, 0.3) is 0 Å². The highest BCUT2D eigenvalue weighted by Gasteiger charge is 2.52. The van der Waals surface area contributed by atoms with E-state index >= 15 is 0 Å². The summed E-state index contributed by atoms with van der Waals surface area (Å²) in [6.07, 6.45) is 1.83. The summed E-state index contributed by atoms with van der Waals surface area (Å²) in [6, 6.07) is 0. The summed E-state index contributed by atoms with van der Waals surface area (Å²) < 4.78 is 10.6. The molecule has 0 unspecified atom stereocenters. The van der Waals surface area contributed by atoms with Gasteiger partial charge < -0.3 is 24.8 Å². The molecule has 0 bridgehead atoms. The number of aliphatic hydroxyl groups is 3. The van der Waals surface area contributed by atoms with Crippen molar-refractivity contribution < 1.29 is 29.6 Å². The highest BCUT2D eigenvalue weighted by atomic mass is 16.5. The van der Waals surface area contributed by atoms with Crippen molar-refractivity contribution in [2.24, 2.45) is 29.1 Å².